The minimum atomic E-state index is -1.04. The average Bonchev–Trinajstić information content (AvgIpc) is 2.57. The fourth-order valence-corrected chi connectivity index (χ4v) is 2.10. The third kappa shape index (κ3) is 6.03. The van der Waals surface area contributed by atoms with Crippen molar-refractivity contribution in [1.29, 1.82) is 0 Å². The number of nitrogens with zero attached hydrogens (tertiary/aromatic N) is 2. The number of rotatable bonds is 8. The summed E-state index contributed by atoms with van der Waals surface area (Å²) in [5.41, 5.74) is -0.825. The summed E-state index contributed by atoms with van der Waals surface area (Å²) < 4.78 is 4.84. The molecule has 1 aromatic carbocycles. The summed E-state index contributed by atoms with van der Waals surface area (Å²) in [6, 6.07) is 3.44. The van der Waals surface area contributed by atoms with E-state index in [1.807, 2.05) is 0 Å². The molecule has 0 atom stereocenters. The highest BCUT2D eigenvalue weighted by Crippen LogP contribution is 2.23. The van der Waals surface area contributed by atoms with E-state index in [0.29, 0.717) is 6.54 Å². The molecule has 0 unspecified atom stereocenters. The van der Waals surface area contributed by atoms with E-state index in [9.17, 15) is 24.5 Å². The van der Waals surface area contributed by atoms with Crippen LogP contribution < -0.4 is 5.32 Å². The van der Waals surface area contributed by atoms with Gasteiger partial charge in [0.1, 0.15) is 5.56 Å². The van der Waals surface area contributed by atoms with Gasteiger partial charge in [0.2, 0.25) is 5.91 Å². The lowest BCUT2D eigenvalue weighted by Crippen LogP contribution is -2.42. The van der Waals surface area contributed by atoms with Gasteiger partial charge in [-0.2, -0.15) is 0 Å². The molecule has 0 bridgehead atoms. The maximum absolute atomic E-state index is 12.0. The van der Waals surface area contributed by atoms with Crippen molar-refractivity contribution in [3.63, 3.8) is 0 Å². The molecule has 2 amide bonds. The summed E-state index contributed by atoms with van der Waals surface area (Å²) in [6.07, 6.45) is 0. The number of amides is 2. The van der Waals surface area contributed by atoms with Crippen molar-refractivity contribution < 1.29 is 24.0 Å². The Labute approximate surface area is 149 Å². The average molecular weight is 372 g/mol. The van der Waals surface area contributed by atoms with Gasteiger partial charge >= 0.3 is 5.97 Å². The van der Waals surface area contributed by atoms with E-state index in [1.165, 1.54) is 11.0 Å². The number of hydrogen-bond donors (Lipinski definition) is 1. The second-order valence-electron chi connectivity index (χ2n) is 4.86. The van der Waals surface area contributed by atoms with Crippen LogP contribution in [-0.2, 0) is 14.3 Å². The number of hydrogen-bond acceptors (Lipinski definition) is 6. The predicted molar refractivity (Wildman–Crippen MR) is 89.3 cm³/mol. The largest absolute Gasteiger partial charge is 0.452 e. The van der Waals surface area contributed by atoms with Crippen molar-refractivity contribution in [1.82, 2.24) is 10.2 Å². The van der Waals surface area contributed by atoms with E-state index in [0.717, 1.165) is 12.1 Å². The second kappa shape index (κ2) is 9.58. The number of nitro groups is 1. The van der Waals surface area contributed by atoms with Crippen molar-refractivity contribution in [2.45, 2.75) is 13.8 Å². The number of carbonyl (C=O) groups excluding carboxylic acids is 3. The van der Waals surface area contributed by atoms with Crippen LogP contribution >= 0.6 is 11.6 Å². The van der Waals surface area contributed by atoms with Gasteiger partial charge in [0.15, 0.2) is 6.61 Å². The molecular formula is C15H18ClN3O6. The quantitative estimate of drug-likeness (QED) is 0.419. The molecule has 136 valence electrons. The molecule has 0 saturated heterocycles. The number of likely N-dealkylation sites (N-methyl/N-ethyl adjacent to an activating group) is 2. The molecule has 0 aliphatic carbocycles. The minimum Gasteiger partial charge on any atom is -0.452 e. The zero-order chi connectivity index (χ0) is 19.0. The van der Waals surface area contributed by atoms with Crippen LogP contribution in [0.25, 0.3) is 0 Å². The molecule has 0 radical (unpaired) electrons. The molecule has 1 N–H and O–H groups in total. The molecule has 0 fully saturated rings. The van der Waals surface area contributed by atoms with Crippen LogP contribution in [0.1, 0.15) is 24.2 Å². The number of esters is 1. The van der Waals surface area contributed by atoms with E-state index < -0.39 is 29.1 Å². The van der Waals surface area contributed by atoms with Crippen LogP contribution in [0.3, 0.4) is 0 Å². The molecule has 1 aromatic rings. The molecule has 0 heterocycles. The van der Waals surface area contributed by atoms with Gasteiger partial charge in [0.25, 0.3) is 11.6 Å². The lowest BCUT2D eigenvalue weighted by atomic mass is 10.2. The minimum absolute atomic E-state index is 0.121. The molecule has 9 nitrogen and oxygen atoms in total. The van der Waals surface area contributed by atoms with Crippen molar-refractivity contribution in [3.8, 4) is 0 Å². The highest BCUT2D eigenvalue weighted by Gasteiger charge is 2.24. The number of nitrogens with one attached hydrogen (secondary N) is 1. The number of benzene rings is 1. The summed E-state index contributed by atoms with van der Waals surface area (Å²) in [7, 11) is 0. The van der Waals surface area contributed by atoms with E-state index in [4.69, 9.17) is 16.3 Å². The Hall–Kier alpha value is -2.68. The molecular weight excluding hydrogens is 354 g/mol. The van der Waals surface area contributed by atoms with Gasteiger partial charge < -0.3 is 15.0 Å². The van der Waals surface area contributed by atoms with Gasteiger partial charge in [-0.25, -0.2) is 4.79 Å². The van der Waals surface area contributed by atoms with Gasteiger partial charge in [-0.05, 0) is 26.0 Å². The third-order valence-electron chi connectivity index (χ3n) is 3.14. The summed E-state index contributed by atoms with van der Waals surface area (Å²) in [5, 5.41) is 13.6. The Balaban J connectivity index is 2.75. The molecule has 0 spiro atoms. The monoisotopic (exact) mass is 371 g/mol. The summed E-state index contributed by atoms with van der Waals surface area (Å²) in [5.74, 6) is -1.97. The number of halogens is 1. The first-order chi connectivity index (χ1) is 11.8. The number of nitro benzene ring substituents is 1. The standard InChI is InChI=1S/C15H18ClN3O6/c1-3-17-13(20)8-18(4-2)14(21)9-25-15(22)11-7-10(16)5-6-12(11)19(23)24/h5-7H,3-4,8-9H2,1-2H3,(H,17,20). The maximum Gasteiger partial charge on any atom is 0.345 e. The zero-order valence-electron chi connectivity index (χ0n) is 13.8. The Morgan fingerprint density at radius 1 is 1.32 bits per heavy atom. The molecule has 1 rings (SSSR count). The SMILES string of the molecule is CCNC(=O)CN(CC)C(=O)COC(=O)c1cc(Cl)ccc1[N+](=O)[O-]. The molecule has 0 aromatic heterocycles. The fourth-order valence-electron chi connectivity index (χ4n) is 1.93. The van der Waals surface area contributed by atoms with Crippen molar-refractivity contribution in [2.24, 2.45) is 0 Å². The third-order valence-corrected chi connectivity index (χ3v) is 3.38. The zero-order valence-corrected chi connectivity index (χ0v) is 14.5. The first-order valence-electron chi connectivity index (χ1n) is 7.45. The Bertz CT molecular complexity index is 679. The molecule has 0 aliphatic rings. The summed E-state index contributed by atoms with van der Waals surface area (Å²) >= 11 is 5.74. The molecule has 0 aliphatic heterocycles. The van der Waals surface area contributed by atoms with Crippen LogP contribution in [0.15, 0.2) is 18.2 Å². The van der Waals surface area contributed by atoms with Gasteiger partial charge in [0, 0.05) is 24.2 Å². The van der Waals surface area contributed by atoms with Gasteiger partial charge in [-0.3, -0.25) is 19.7 Å². The number of ether oxygens (including phenoxy) is 1. The van der Waals surface area contributed by atoms with Gasteiger partial charge in [-0.15, -0.1) is 0 Å². The lowest BCUT2D eigenvalue weighted by molar-refractivity contribution is -0.385. The van der Waals surface area contributed by atoms with Gasteiger partial charge in [0.05, 0.1) is 11.5 Å². The molecule has 25 heavy (non-hydrogen) atoms. The Morgan fingerprint density at radius 2 is 2.00 bits per heavy atom. The van der Waals surface area contributed by atoms with Crippen molar-refractivity contribution in [3.05, 3.63) is 38.9 Å². The number of carbonyl (C=O) groups is 3. The van der Waals surface area contributed by atoms with E-state index in [1.54, 1.807) is 13.8 Å². The van der Waals surface area contributed by atoms with Crippen molar-refractivity contribution in [2.75, 3.05) is 26.2 Å². The summed E-state index contributed by atoms with van der Waals surface area (Å²) in [6.45, 7) is 3.27. The molecule has 10 heteroatoms. The maximum atomic E-state index is 12.0. The van der Waals surface area contributed by atoms with Crippen molar-refractivity contribution >= 4 is 35.1 Å². The molecule has 0 saturated carbocycles. The van der Waals surface area contributed by atoms with Crippen LogP contribution in [0.2, 0.25) is 5.02 Å². The van der Waals surface area contributed by atoms with Crippen LogP contribution in [0.4, 0.5) is 5.69 Å². The lowest BCUT2D eigenvalue weighted by Gasteiger charge is -2.20. The Kier molecular flexibility index (Phi) is 7.80. The van der Waals surface area contributed by atoms with Crippen LogP contribution in [-0.4, -0.2) is 53.8 Å². The highest BCUT2D eigenvalue weighted by molar-refractivity contribution is 6.31. The second-order valence-corrected chi connectivity index (χ2v) is 5.29. The predicted octanol–water partition coefficient (Wildman–Crippen LogP) is 1.39. The van der Waals surface area contributed by atoms with Crippen LogP contribution in [0, 0.1) is 10.1 Å². The van der Waals surface area contributed by atoms with E-state index in [-0.39, 0.29) is 29.6 Å². The topological polar surface area (TPSA) is 119 Å². The van der Waals surface area contributed by atoms with Gasteiger partial charge in [-0.1, -0.05) is 11.6 Å². The summed E-state index contributed by atoms with van der Waals surface area (Å²) in [4.78, 5) is 47.0. The first-order valence-corrected chi connectivity index (χ1v) is 7.83. The first kappa shape index (κ1) is 20.4. The van der Waals surface area contributed by atoms with E-state index in [2.05, 4.69) is 5.32 Å². The van der Waals surface area contributed by atoms with Crippen LogP contribution in [0.5, 0.6) is 0 Å². The fraction of sp³-hybridized carbons (Fsp3) is 0.400. The normalized spacial score (nSPS) is 10.0. The highest BCUT2D eigenvalue weighted by atomic mass is 35.5. The Morgan fingerprint density at radius 3 is 2.56 bits per heavy atom. The smallest absolute Gasteiger partial charge is 0.345 e. The van der Waals surface area contributed by atoms with E-state index >= 15 is 0 Å².